The van der Waals surface area contributed by atoms with Gasteiger partial charge in [0, 0.05) is 31.9 Å². The van der Waals surface area contributed by atoms with E-state index in [1.807, 2.05) is 41.0 Å². The highest BCUT2D eigenvalue weighted by atomic mass is 32.1. The molecule has 138 valence electrons. The molecule has 8 heteroatoms. The lowest BCUT2D eigenvalue weighted by Gasteiger charge is -2.09. The van der Waals surface area contributed by atoms with E-state index in [9.17, 15) is 9.59 Å². The molecule has 0 fully saturated rings. The Morgan fingerprint density at radius 1 is 1.30 bits per heavy atom. The molecule has 4 aromatic rings. The molecule has 0 saturated heterocycles. The standard InChI is InChI=1S/C19H19N5O2S/c1-13-22-23(19(26)16-10-17-15(24(13)16)6-9-27-17)8-3-5-18(25)21-12-14-4-2-7-20-11-14/h2,4,6-7,9-11H,3,5,8,12H2,1H3,(H,21,25). The number of pyridine rings is 1. The van der Waals surface area contributed by atoms with Gasteiger partial charge in [0.25, 0.3) is 5.56 Å². The van der Waals surface area contributed by atoms with Crippen molar-refractivity contribution < 1.29 is 4.79 Å². The number of fused-ring (bicyclic) bond motifs is 3. The summed E-state index contributed by atoms with van der Waals surface area (Å²) in [6.07, 6.45) is 4.32. The molecule has 0 bridgehead atoms. The summed E-state index contributed by atoms with van der Waals surface area (Å²) in [7, 11) is 0. The van der Waals surface area contributed by atoms with Crippen LogP contribution in [0.2, 0.25) is 0 Å². The Kier molecular flexibility index (Phi) is 4.72. The molecule has 0 aliphatic heterocycles. The predicted molar refractivity (Wildman–Crippen MR) is 105 cm³/mol. The first-order chi connectivity index (χ1) is 13.1. The topological polar surface area (TPSA) is 81.3 Å². The Hall–Kier alpha value is -3.00. The zero-order valence-corrected chi connectivity index (χ0v) is 15.7. The summed E-state index contributed by atoms with van der Waals surface area (Å²) in [4.78, 5) is 28.7. The molecule has 0 spiro atoms. The molecule has 4 aromatic heterocycles. The molecule has 0 radical (unpaired) electrons. The average molecular weight is 381 g/mol. The minimum absolute atomic E-state index is 0.0482. The third-order valence-electron chi connectivity index (χ3n) is 4.45. The molecular formula is C19H19N5O2S. The van der Waals surface area contributed by atoms with Gasteiger partial charge >= 0.3 is 0 Å². The molecule has 1 N–H and O–H groups in total. The van der Waals surface area contributed by atoms with Gasteiger partial charge < -0.3 is 5.32 Å². The number of amides is 1. The average Bonchev–Trinajstić information content (AvgIpc) is 3.26. The van der Waals surface area contributed by atoms with Gasteiger partial charge in [-0.2, -0.15) is 5.10 Å². The zero-order valence-electron chi connectivity index (χ0n) is 14.9. The van der Waals surface area contributed by atoms with Crippen LogP contribution in [0.25, 0.3) is 15.7 Å². The number of thiophene rings is 1. The molecule has 1 amide bonds. The van der Waals surface area contributed by atoms with E-state index in [1.165, 1.54) is 4.68 Å². The number of aromatic nitrogens is 4. The van der Waals surface area contributed by atoms with Crippen LogP contribution in [0.5, 0.6) is 0 Å². The van der Waals surface area contributed by atoms with E-state index < -0.39 is 0 Å². The molecule has 27 heavy (non-hydrogen) atoms. The maximum atomic E-state index is 12.7. The molecule has 0 aromatic carbocycles. The molecule has 0 aliphatic carbocycles. The fourth-order valence-electron chi connectivity index (χ4n) is 3.16. The number of rotatable bonds is 6. The van der Waals surface area contributed by atoms with E-state index in [-0.39, 0.29) is 11.5 Å². The van der Waals surface area contributed by atoms with Crippen molar-refractivity contribution in [1.29, 1.82) is 0 Å². The highest BCUT2D eigenvalue weighted by molar-refractivity contribution is 7.17. The zero-order chi connectivity index (χ0) is 18.8. The van der Waals surface area contributed by atoms with Gasteiger partial charge in [-0.05, 0) is 42.5 Å². The molecule has 0 atom stereocenters. The molecule has 0 unspecified atom stereocenters. The molecule has 4 rings (SSSR count). The number of nitrogens with one attached hydrogen (secondary N) is 1. The SMILES string of the molecule is Cc1nn(CCCC(=O)NCc2cccnc2)c(=O)c2cc3sccc3n12. The number of hydrogen-bond acceptors (Lipinski definition) is 5. The third kappa shape index (κ3) is 3.48. The molecule has 7 nitrogen and oxygen atoms in total. The van der Waals surface area contributed by atoms with Crippen LogP contribution in [0.1, 0.15) is 24.2 Å². The van der Waals surface area contributed by atoms with E-state index in [1.54, 1.807) is 23.7 Å². The highest BCUT2D eigenvalue weighted by Gasteiger charge is 2.13. The van der Waals surface area contributed by atoms with Crippen molar-refractivity contribution in [3.63, 3.8) is 0 Å². The van der Waals surface area contributed by atoms with Gasteiger partial charge in [0.2, 0.25) is 5.91 Å². The van der Waals surface area contributed by atoms with Crippen LogP contribution >= 0.6 is 11.3 Å². The summed E-state index contributed by atoms with van der Waals surface area (Å²) in [5, 5.41) is 9.30. The van der Waals surface area contributed by atoms with E-state index in [0.717, 1.165) is 21.6 Å². The van der Waals surface area contributed by atoms with Crippen LogP contribution in [-0.4, -0.2) is 25.1 Å². The number of hydrogen-bond donors (Lipinski definition) is 1. The van der Waals surface area contributed by atoms with Gasteiger partial charge in [0.15, 0.2) is 0 Å². The Balaban J connectivity index is 1.41. The highest BCUT2D eigenvalue weighted by Crippen LogP contribution is 2.24. The van der Waals surface area contributed by atoms with Gasteiger partial charge in [0.1, 0.15) is 11.3 Å². The maximum absolute atomic E-state index is 12.7. The van der Waals surface area contributed by atoms with Gasteiger partial charge in [-0.1, -0.05) is 6.07 Å². The maximum Gasteiger partial charge on any atom is 0.291 e. The lowest BCUT2D eigenvalue weighted by Crippen LogP contribution is -2.27. The van der Waals surface area contributed by atoms with Crippen LogP contribution in [0.4, 0.5) is 0 Å². The fourth-order valence-corrected chi connectivity index (χ4v) is 3.96. The normalized spacial score (nSPS) is 11.3. The molecule has 0 saturated carbocycles. The largest absolute Gasteiger partial charge is 0.352 e. The Morgan fingerprint density at radius 2 is 2.19 bits per heavy atom. The minimum Gasteiger partial charge on any atom is -0.352 e. The molecule has 4 heterocycles. The Morgan fingerprint density at radius 3 is 3.00 bits per heavy atom. The molecular weight excluding hydrogens is 362 g/mol. The second-order valence-electron chi connectivity index (χ2n) is 6.35. The van der Waals surface area contributed by atoms with Crippen LogP contribution in [-0.2, 0) is 17.9 Å². The van der Waals surface area contributed by atoms with Crippen molar-refractivity contribution in [2.24, 2.45) is 0 Å². The smallest absolute Gasteiger partial charge is 0.291 e. The first kappa shape index (κ1) is 17.4. The third-order valence-corrected chi connectivity index (χ3v) is 5.30. The van der Waals surface area contributed by atoms with Crippen molar-refractivity contribution >= 4 is 33.0 Å². The predicted octanol–water partition coefficient (Wildman–Crippen LogP) is 2.51. The van der Waals surface area contributed by atoms with Crippen molar-refractivity contribution in [3.8, 4) is 0 Å². The summed E-state index contributed by atoms with van der Waals surface area (Å²) in [6.45, 7) is 2.76. The lowest BCUT2D eigenvalue weighted by atomic mass is 10.2. The van der Waals surface area contributed by atoms with Crippen LogP contribution in [0, 0.1) is 6.92 Å². The van der Waals surface area contributed by atoms with E-state index in [4.69, 9.17) is 0 Å². The van der Waals surface area contributed by atoms with Gasteiger partial charge in [-0.3, -0.25) is 19.0 Å². The monoisotopic (exact) mass is 381 g/mol. The number of aryl methyl sites for hydroxylation is 2. The van der Waals surface area contributed by atoms with Crippen molar-refractivity contribution in [2.75, 3.05) is 0 Å². The Labute approximate surface area is 159 Å². The van der Waals surface area contributed by atoms with Crippen molar-refractivity contribution in [3.05, 3.63) is 63.8 Å². The van der Waals surface area contributed by atoms with Gasteiger partial charge in [0.05, 0.1) is 10.2 Å². The summed E-state index contributed by atoms with van der Waals surface area (Å²) in [6, 6.07) is 7.66. The first-order valence-corrected chi connectivity index (χ1v) is 9.63. The van der Waals surface area contributed by atoms with Crippen LogP contribution < -0.4 is 10.9 Å². The van der Waals surface area contributed by atoms with Crippen LogP contribution in [0.15, 0.2) is 46.8 Å². The van der Waals surface area contributed by atoms with Gasteiger partial charge in [-0.25, -0.2) is 4.68 Å². The van der Waals surface area contributed by atoms with E-state index >= 15 is 0 Å². The second kappa shape index (κ2) is 7.32. The van der Waals surface area contributed by atoms with Crippen molar-refractivity contribution in [1.82, 2.24) is 24.5 Å². The number of carbonyl (C=O) groups is 1. The van der Waals surface area contributed by atoms with E-state index in [0.29, 0.717) is 31.4 Å². The Bertz CT molecular complexity index is 1160. The quantitative estimate of drug-likeness (QED) is 0.556. The van der Waals surface area contributed by atoms with Gasteiger partial charge in [-0.15, -0.1) is 11.3 Å². The van der Waals surface area contributed by atoms with E-state index in [2.05, 4.69) is 15.4 Å². The second-order valence-corrected chi connectivity index (χ2v) is 7.30. The minimum atomic E-state index is -0.125. The number of nitrogens with zero attached hydrogens (tertiary/aromatic N) is 4. The summed E-state index contributed by atoms with van der Waals surface area (Å²) >= 11 is 1.61. The summed E-state index contributed by atoms with van der Waals surface area (Å²) in [5.74, 6) is 0.715. The fraction of sp³-hybridized carbons (Fsp3) is 0.263. The number of carbonyl (C=O) groups excluding carboxylic acids is 1. The lowest BCUT2D eigenvalue weighted by molar-refractivity contribution is -0.121. The summed E-state index contributed by atoms with van der Waals surface area (Å²) < 4.78 is 4.43. The summed E-state index contributed by atoms with van der Waals surface area (Å²) in [5.41, 5.74) is 2.47. The first-order valence-electron chi connectivity index (χ1n) is 8.75. The van der Waals surface area contributed by atoms with Crippen molar-refractivity contribution in [2.45, 2.75) is 32.9 Å². The van der Waals surface area contributed by atoms with Crippen LogP contribution in [0.3, 0.4) is 0 Å². The molecule has 0 aliphatic rings.